The van der Waals surface area contributed by atoms with Crippen LogP contribution in [0.1, 0.15) is 17.0 Å². The molecule has 2 aromatic rings. The number of hydrogen-bond donors (Lipinski definition) is 1. The number of aliphatic carboxylic acids is 1. The van der Waals surface area contributed by atoms with E-state index < -0.39 is 16.8 Å². The Balaban J connectivity index is 2.39. The molecule has 21 heavy (non-hydrogen) atoms. The third-order valence-corrected chi connectivity index (χ3v) is 3.66. The molecule has 1 N–H and O–H groups in total. The molecular formula is C15H12BrNO4. The van der Waals surface area contributed by atoms with Gasteiger partial charge in [0.1, 0.15) is 0 Å². The summed E-state index contributed by atoms with van der Waals surface area (Å²) in [5, 5.41) is 20.5. The van der Waals surface area contributed by atoms with Crippen molar-refractivity contribution in [3.05, 3.63) is 74.2 Å². The zero-order valence-corrected chi connectivity index (χ0v) is 12.5. The van der Waals surface area contributed by atoms with Gasteiger partial charge in [0.05, 0.1) is 10.8 Å². The fourth-order valence-corrected chi connectivity index (χ4v) is 2.48. The molecule has 0 aliphatic rings. The van der Waals surface area contributed by atoms with Crippen LogP contribution in [0.4, 0.5) is 5.69 Å². The lowest BCUT2D eigenvalue weighted by Gasteiger charge is -2.13. The fourth-order valence-electron chi connectivity index (χ4n) is 2.13. The molecule has 1 unspecified atom stereocenters. The quantitative estimate of drug-likeness (QED) is 0.658. The van der Waals surface area contributed by atoms with Crippen LogP contribution in [0.15, 0.2) is 53.0 Å². The molecule has 0 spiro atoms. The van der Waals surface area contributed by atoms with E-state index in [0.29, 0.717) is 15.6 Å². The second-order valence-electron chi connectivity index (χ2n) is 4.54. The first kappa shape index (κ1) is 15.2. The van der Waals surface area contributed by atoms with Gasteiger partial charge in [-0.2, -0.15) is 0 Å². The summed E-state index contributed by atoms with van der Waals surface area (Å²) in [7, 11) is 0. The molecule has 0 aliphatic carbocycles. The number of benzene rings is 2. The normalized spacial score (nSPS) is 11.9. The minimum absolute atomic E-state index is 0.0724. The molecule has 2 aromatic carbocycles. The van der Waals surface area contributed by atoms with Crippen molar-refractivity contribution >= 4 is 27.6 Å². The van der Waals surface area contributed by atoms with Crippen molar-refractivity contribution < 1.29 is 14.8 Å². The highest BCUT2D eigenvalue weighted by atomic mass is 79.9. The van der Waals surface area contributed by atoms with Crippen LogP contribution in [0.2, 0.25) is 0 Å². The highest BCUT2D eigenvalue weighted by Gasteiger charge is 2.24. The van der Waals surface area contributed by atoms with Crippen LogP contribution in [0.3, 0.4) is 0 Å². The molecule has 2 rings (SSSR count). The van der Waals surface area contributed by atoms with Gasteiger partial charge in [0.25, 0.3) is 5.69 Å². The fraction of sp³-hybridized carbons (Fsp3) is 0.133. The maximum Gasteiger partial charge on any atom is 0.311 e. The minimum Gasteiger partial charge on any atom is -0.481 e. The third kappa shape index (κ3) is 3.66. The number of halogens is 1. The van der Waals surface area contributed by atoms with Gasteiger partial charge in [-0.05, 0) is 18.1 Å². The Kier molecular flexibility index (Phi) is 4.70. The highest BCUT2D eigenvalue weighted by Crippen LogP contribution is 2.29. The van der Waals surface area contributed by atoms with Crippen LogP contribution < -0.4 is 0 Å². The largest absolute Gasteiger partial charge is 0.481 e. The SMILES string of the molecule is O=C(O)C(Cc1ccc(Br)cc1[N+](=O)[O-])c1ccccc1. The van der Waals surface area contributed by atoms with Crippen molar-refractivity contribution in [1.29, 1.82) is 0 Å². The molecule has 0 saturated heterocycles. The maximum absolute atomic E-state index is 11.5. The van der Waals surface area contributed by atoms with Gasteiger partial charge in [-0.15, -0.1) is 0 Å². The average Bonchev–Trinajstić information content (AvgIpc) is 2.46. The van der Waals surface area contributed by atoms with Crippen LogP contribution in [-0.2, 0) is 11.2 Å². The van der Waals surface area contributed by atoms with Crippen molar-refractivity contribution in [2.75, 3.05) is 0 Å². The molecule has 1 atom stereocenters. The van der Waals surface area contributed by atoms with Crippen LogP contribution in [0, 0.1) is 10.1 Å². The van der Waals surface area contributed by atoms with E-state index in [2.05, 4.69) is 15.9 Å². The second-order valence-corrected chi connectivity index (χ2v) is 5.45. The number of hydrogen-bond acceptors (Lipinski definition) is 3. The molecule has 0 aliphatic heterocycles. The van der Waals surface area contributed by atoms with Crippen molar-refractivity contribution in [3.8, 4) is 0 Å². The van der Waals surface area contributed by atoms with Crippen molar-refractivity contribution in [1.82, 2.24) is 0 Å². The monoisotopic (exact) mass is 349 g/mol. The zero-order valence-electron chi connectivity index (χ0n) is 10.9. The van der Waals surface area contributed by atoms with E-state index in [9.17, 15) is 20.0 Å². The molecule has 0 aromatic heterocycles. The Morgan fingerprint density at radius 3 is 2.48 bits per heavy atom. The van der Waals surface area contributed by atoms with Crippen molar-refractivity contribution in [2.45, 2.75) is 12.3 Å². The summed E-state index contributed by atoms with van der Waals surface area (Å²) < 4.78 is 0.588. The Bertz CT molecular complexity index is 673. The second kappa shape index (κ2) is 6.49. The summed E-state index contributed by atoms with van der Waals surface area (Å²) in [6.45, 7) is 0. The number of rotatable bonds is 5. The van der Waals surface area contributed by atoms with Gasteiger partial charge in [0.15, 0.2) is 0 Å². The number of carbonyl (C=O) groups is 1. The average molecular weight is 350 g/mol. The molecule has 0 heterocycles. The lowest BCUT2D eigenvalue weighted by atomic mass is 9.91. The first-order chi connectivity index (χ1) is 9.99. The lowest BCUT2D eigenvalue weighted by Crippen LogP contribution is -2.15. The van der Waals surface area contributed by atoms with E-state index in [0.717, 1.165) is 0 Å². The molecule has 5 nitrogen and oxygen atoms in total. The molecule has 0 bridgehead atoms. The Hall–Kier alpha value is -2.21. The number of carboxylic acids is 1. The molecule has 0 amide bonds. The van der Waals surface area contributed by atoms with Crippen LogP contribution in [-0.4, -0.2) is 16.0 Å². The van der Waals surface area contributed by atoms with Crippen molar-refractivity contribution in [2.24, 2.45) is 0 Å². The minimum atomic E-state index is -1.00. The maximum atomic E-state index is 11.5. The van der Waals surface area contributed by atoms with Crippen molar-refractivity contribution in [3.63, 3.8) is 0 Å². The zero-order chi connectivity index (χ0) is 15.4. The van der Waals surface area contributed by atoms with Crippen LogP contribution in [0.5, 0.6) is 0 Å². The molecule has 0 radical (unpaired) electrons. The Morgan fingerprint density at radius 2 is 1.90 bits per heavy atom. The Labute approximate surface area is 129 Å². The van der Waals surface area contributed by atoms with Gasteiger partial charge in [-0.25, -0.2) is 0 Å². The summed E-state index contributed by atoms with van der Waals surface area (Å²) in [6.07, 6.45) is 0.0724. The van der Waals surface area contributed by atoms with Gasteiger partial charge in [0.2, 0.25) is 0 Å². The van der Waals surface area contributed by atoms with Gasteiger partial charge in [-0.3, -0.25) is 14.9 Å². The summed E-state index contributed by atoms with van der Waals surface area (Å²) in [6, 6.07) is 13.4. The molecule has 6 heteroatoms. The first-order valence-corrected chi connectivity index (χ1v) is 6.99. The molecular weight excluding hydrogens is 338 g/mol. The van der Waals surface area contributed by atoms with Crippen LogP contribution >= 0.6 is 15.9 Å². The van der Waals surface area contributed by atoms with E-state index in [1.165, 1.54) is 6.07 Å². The summed E-state index contributed by atoms with van der Waals surface area (Å²) in [5.74, 6) is -1.82. The first-order valence-electron chi connectivity index (χ1n) is 6.19. The van der Waals surface area contributed by atoms with Gasteiger partial charge in [0, 0.05) is 16.1 Å². The number of nitro groups is 1. The van der Waals surface area contributed by atoms with E-state index in [4.69, 9.17) is 0 Å². The van der Waals surface area contributed by atoms with E-state index in [1.807, 2.05) is 0 Å². The highest BCUT2D eigenvalue weighted by molar-refractivity contribution is 9.10. The topological polar surface area (TPSA) is 80.4 Å². The predicted octanol–water partition coefficient (Wildman–Crippen LogP) is 3.77. The third-order valence-electron chi connectivity index (χ3n) is 3.17. The summed E-state index contributed by atoms with van der Waals surface area (Å²) >= 11 is 3.18. The van der Waals surface area contributed by atoms with Gasteiger partial charge in [-0.1, -0.05) is 52.3 Å². The molecule has 0 fully saturated rings. The lowest BCUT2D eigenvalue weighted by molar-refractivity contribution is -0.385. The van der Waals surface area contributed by atoms with E-state index >= 15 is 0 Å². The predicted molar refractivity (Wildman–Crippen MR) is 81.3 cm³/mol. The summed E-state index contributed by atoms with van der Waals surface area (Å²) in [4.78, 5) is 22.1. The van der Waals surface area contributed by atoms with Gasteiger partial charge < -0.3 is 5.11 Å². The molecule has 108 valence electrons. The number of nitrogens with zero attached hydrogens (tertiary/aromatic N) is 1. The van der Waals surface area contributed by atoms with Crippen LogP contribution in [0.25, 0.3) is 0 Å². The van der Waals surface area contributed by atoms with E-state index in [-0.39, 0.29) is 12.1 Å². The molecule has 0 saturated carbocycles. The number of carboxylic acid groups (broad SMARTS) is 1. The van der Waals surface area contributed by atoms with Gasteiger partial charge >= 0.3 is 5.97 Å². The number of nitro benzene ring substituents is 1. The smallest absolute Gasteiger partial charge is 0.311 e. The standard InChI is InChI=1S/C15H12BrNO4/c16-12-7-6-11(14(9-12)17(20)21)8-13(15(18)19)10-4-2-1-3-5-10/h1-7,9,13H,8H2,(H,18,19). The Morgan fingerprint density at radius 1 is 1.24 bits per heavy atom. The van der Waals surface area contributed by atoms with E-state index in [1.54, 1.807) is 42.5 Å². The summed E-state index contributed by atoms with van der Waals surface area (Å²) in [5.41, 5.74) is 0.952.